The Labute approximate surface area is 124 Å². The number of hydrogen-bond acceptors (Lipinski definition) is 4. The lowest BCUT2D eigenvalue weighted by molar-refractivity contribution is -0.125. The van der Waals surface area contributed by atoms with Crippen LogP contribution in [0.15, 0.2) is 18.2 Å². The van der Waals surface area contributed by atoms with Gasteiger partial charge in [-0.2, -0.15) is 0 Å². The van der Waals surface area contributed by atoms with Crippen LogP contribution >= 0.6 is 0 Å². The normalized spacial score (nSPS) is 17.5. The Morgan fingerprint density at radius 2 is 2.14 bits per heavy atom. The van der Waals surface area contributed by atoms with Gasteiger partial charge < -0.3 is 19.9 Å². The molecule has 0 aliphatic carbocycles. The number of amides is 2. The highest BCUT2D eigenvalue weighted by molar-refractivity contribution is 6.02. The highest BCUT2D eigenvalue weighted by atomic mass is 16.5. The lowest BCUT2D eigenvalue weighted by Gasteiger charge is -2.30. The molecule has 1 aliphatic rings. The van der Waals surface area contributed by atoms with Crippen LogP contribution < -0.4 is 15.0 Å². The molecular formula is C15H21N3O3. The lowest BCUT2D eigenvalue weighted by Crippen LogP contribution is -2.42. The van der Waals surface area contributed by atoms with Crippen molar-refractivity contribution in [3.63, 3.8) is 0 Å². The minimum Gasteiger partial charge on any atom is -0.479 e. The molecule has 21 heavy (non-hydrogen) atoms. The fourth-order valence-electron chi connectivity index (χ4n) is 2.15. The van der Waals surface area contributed by atoms with Crippen LogP contribution in [-0.4, -0.2) is 57.1 Å². The van der Waals surface area contributed by atoms with Crippen molar-refractivity contribution in [2.45, 2.75) is 13.0 Å². The van der Waals surface area contributed by atoms with E-state index in [9.17, 15) is 9.59 Å². The summed E-state index contributed by atoms with van der Waals surface area (Å²) in [4.78, 5) is 27.5. The Bertz CT molecular complexity index is 557. The number of rotatable bonds is 4. The molecule has 0 aromatic heterocycles. The van der Waals surface area contributed by atoms with Gasteiger partial charge in [-0.15, -0.1) is 0 Å². The molecule has 0 spiro atoms. The van der Waals surface area contributed by atoms with Crippen molar-refractivity contribution < 1.29 is 14.3 Å². The average Bonchev–Trinajstić information content (AvgIpc) is 2.44. The van der Waals surface area contributed by atoms with Crippen LogP contribution in [0, 0.1) is 0 Å². The number of fused-ring (bicyclic) bond motifs is 1. The molecule has 0 saturated carbocycles. The molecule has 1 unspecified atom stereocenters. The summed E-state index contributed by atoms with van der Waals surface area (Å²) in [6.07, 6.45) is -0.498. The largest absolute Gasteiger partial charge is 0.479 e. The highest BCUT2D eigenvalue weighted by Crippen LogP contribution is 2.33. The van der Waals surface area contributed by atoms with Crippen molar-refractivity contribution in [1.82, 2.24) is 10.2 Å². The topological polar surface area (TPSA) is 61.9 Å². The molecule has 2 rings (SSSR count). The van der Waals surface area contributed by atoms with Crippen LogP contribution in [0.2, 0.25) is 0 Å². The number of anilines is 1. The Morgan fingerprint density at radius 1 is 1.43 bits per heavy atom. The van der Waals surface area contributed by atoms with E-state index in [4.69, 9.17) is 4.74 Å². The first-order valence-electron chi connectivity index (χ1n) is 6.91. The van der Waals surface area contributed by atoms with Crippen LogP contribution in [0.1, 0.15) is 17.3 Å². The average molecular weight is 291 g/mol. The lowest BCUT2D eigenvalue weighted by atomic mass is 10.1. The quantitative estimate of drug-likeness (QED) is 0.888. The third-order valence-corrected chi connectivity index (χ3v) is 3.41. The molecule has 1 heterocycles. The first-order valence-corrected chi connectivity index (χ1v) is 6.91. The van der Waals surface area contributed by atoms with Gasteiger partial charge in [0.1, 0.15) is 5.75 Å². The Balaban J connectivity index is 2.14. The van der Waals surface area contributed by atoms with Crippen LogP contribution in [0.4, 0.5) is 5.69 Å². The summed E-state index contributed by atoms with van der Waals surface area (Å²) in [7, 11) is 5.59. The van der Waals surface area contributed by atoms with E-state index >= 15 is 0 Å². The van der Waals surface area contributed by atoms with E-state index < -0.39 is 6.10 Å². The molecule has 0 saturated heterocycles. The van der Waals surface area contributed by atoms with E-state index in [2.05, 4.69) is 5.32 Å². The summed E-state index contributed by atoms with van der Waals surface area (Å²) >= 11 is 0. The SMILES string of the molecule is CC1Oc2ccc(C(=O)NCCN(C)C)cc2N(C)C1=O. The van der Waals surface area contributed by atoms with E-state index in [1.807, 2.05) is 19.0 Å². The van der Waals surface area contributed by atoms with Crippen molar-refractivity contribution in [1.29, 1.82) is 0 Å². The zero-order chi connectivity index (χ0) is 15.6. The van der Waals surface area contributed by atoms with Gasteiger partial charge in [0.05, 0.1) is 5.69 Å². The third kappa shape index (κ3) is 3.33. The smallest absolute Gasteiger partial charge is 0.267 e. The Kier molecular flexibility index (Phi) is 4.47. The molecule has 1 aromatic rings. The number of carbonyl (C=O) groups excluding carboxylic acids is 2. The summed E-state index contributed by atoms with van der Waals surface area (Å²) in [5.41, 5.74) is 1.14. The third-order valence-electron chi connectivity index (χ3n) is 3.41. The maximum Gasteiger partial charge on any atom is 0.267 e. The van der Waals surface area contributed by atoms with Crippen LogP contribution in [-0.2, 0) is 4.79 Å². The molecule has 2 amide bonds. The minimum absolute atomic E-state index is 0.118. The van der Waals surface area contributed by atoms with Crippen LogP contribution in [0.5, 0.6) is 5.75 Å². The summed E-state index contributed by atoms with van der Waals surface area (Å²) in [5, 5.41) is 2.85. The molecule has 0 radical (unpaired) electrons. The van der Waals surface area contributed by atoms with E-state index in [0.29, 0.717) is 23.5 Å². The highest BCUT2D eigenvalue weighted by Gasteiger charge is 2.29. The molecule has 0 bridgehead atoms. The Hall–Kier alpha value is -2.08. The molecule has 1 aromatic carbocycles. The van der Waals surface area contributed by atoms with Crippen LogP contribution in [0.3, 0.4) is 0 Å². The molecule has 1 N–H and O–H groups in total. The van der Waals surface area contributed by atoms with Gasteiger partial charge in [0.25, 0.3) is 11.8 Å². The van der Waals surface area contributed by atoms with Crippen molar-refractivity contribution in [3.8, 4) is 5.75 Å². The van der Waals surface area contributed by atoms with Crippen molar-refractivity contribution >= 4 is 17.5 Å². The molecule has 6 heteroatoms. The summed E-state index contributed by atoms with van der Waals surface area (Å²) < 4.78 is 5.53. The second-order valence-electron chi connectivity index (χ2n) is 5.40. The van der Waals surface area contributed by atoms with Crippen molar-refractivity contribution in [2.75, 3.05) is 39.1 Å². The minimum atomic E-state index is -0.498. The van der Waals surface area contributed by atoms with Gasteiger partial charge in [-0.05, 0) is 39.2 Å². The maximum absolute atomic E-state index is 12.1. The van der Waals surface area contributed by atoms with Gasteiger partial charge in [0.15, 0.2) is 6.10 Å². The monoisotopic (exact) mass is 291 g/mol. The number of likely N-dealkylation sites (N-methyl/N-ethyl adjacent to an activating group) is 2. The molecular weight excluding hydrogens is 270 g/mol. The zero-order valence-corrected chi connectivity index (χ0v) is 12.8. The molecule has 1 atom stereocenters. The van der Waals surface area contributed by atoms with Gasteiger partial charge in [-0.25, -0.2) is 0 Å². The van der Waals surface area contributed by atoms with Gasteiger partial charge in [0.2, 0.25) is 0 Å². The molecule has 114 valence electrons. The number of hydrogen-bond donors (Lipinski definition) is 1. The second-order valence-corrected chi connectivity index (χ2v) is 5.40. The zero-order valence-electron chi connectivity index (χ0n) is 12.8. The van der Waals surface area contributed by atoms with Crippen LogP contribution in [0.25, 0.3) is 0 Å². The summed E-state index contributed by atoms with van der Waals surface area (Å²) in [5.74, 6) is 0.348. The number of benzene rings is 1. The summed E-state index contributed by atoms with van der Waals surface area (Å²) in [6.45, 7) is 3.06. The fourth-order valence-corrected chi connectivity index (χ4v) is 2.15. The van der Waals surface area contributed by atoms with Crippen molar-refractivity contribution in [3.05, 3.63) is 23.8 Å². The van der Waals surface area contributed by atoms with Gasteiger partial charge in [-0.1, -0.05) is 0 Å². The predicted octanol–water partition coefficient (Wildman–Crippen LogP) is 0.722. The standard InChI is InChI=1S/C15H21N3O3/c1-10-15(20)18(4)12-9-11(5-6-13(12)21-10)14(19)16-7-8-17(2)3/h5-6,9-10H,7-8H2,1-4H3,(H,16,19). The second kappa shape index (κ2) is 6.13. The van der Waals surface area contributed by atoms with Gasteiger partial charge >= 0.3 is 0 Å². The molecule has 0 fully saturated rings. The maximum atomic E-state index is 12.1. The van der Waals surface area contributed by atoms with E-state index in [1.54, 1.807) is 32.2 Å². The van der Waals surface area contributed by atoms with Gasteiger partial charge in [-0.3, -0.25) is 9.59 Å². The van der Waals surface area contributed by atoms with Crippen molar-refractivity contribution in [2.24, 2.45) is 0 Å². The van der Waals surface area contributed by atoms with E-state index in [-0.39, 0.29) is 11.8 Å². The number of nitrogens with zero attached hydrogens (tertiary/aromatic N) is 2. The van der Waals surface area contributed by atoms with Gasteiger partial charge in [0, 0.05) is 25.7 Å². The predicted molar refractivity (Wildman–Crippen MR) is 80.8 cm³/mol. The molecule has 6 nitrogen and oxygen atoms in total. The fraction of sp³-hybridized carbons (Fsp3) is 0.467. The van der Waals surface area contributed by atoms with E-state index in [1.165, 1.54) is 4.90 Å². The number of carbonyl (C=O) groups is 2. The Morgan fingerprint density at radius 3 is 2.81 bits per heavy atom. The summed E-state index contributed by atoms with van der Waals surface area (Å²) in [6, 6.07) is 5.12. The first kappa shape index (κ1) is 15.3. The first-order chi connectivity index (χ1) is 9.90. The number of nitrogens with one attached hydrogen (secondary N) is 1. The number of ether oxygens (including phenoxy) is 1. The molecule has 1 aliphatic heterocycles. The van der Waals surface area contributed by atoms with E-state index in [0.717, 1.165) is 6.54 Å².